The van der Waals surface area contributed by atoms with Crippen LogP contribution in [-0.4, -0.2) is 14.9 Å². The minimum atomic E-state index is -0.362. The van der Waals surface area contributed by atoms with Gasteiger partial charge < -0.3 is 5.11 Å². The molecule has 1 N–H and O–H groups in total. The molecule has 18 heavy (non-hydrogen) atoms. The second-order valence-corrected chi connectivity index (χ2v) is 4.98. The molecule has 1 heterocycles. The maximum Gasteiger partial charge on any atom is 0.0787 e. The number of rotatable bonds is 4. The molecule has 94 valence electrons. The fourth-order valence-electron chi connectivity index (χ4n) is 2.16. The van der Waals surface area contributed by atoms with E-state index in [9.17, 15) is 5.11 Å². The van der Waals surface area contributed by atoms with Crippen molar-refractivity contribution in [3.63, 3.8) is 0 Å². The number of hydrogen-bond acceptors (Lipinski definition) is 2. The van der Waals surface area contributed by atoms with Crippen molar-refractivity contribution in [2.24, 2.45) is 0 Å². The van der Waals surface area contributed by atoms with E-state index in [1.54, 1.807) is 0 Å². The minimum Gasteiger partial charge on any atom is -0.388 e. The topological polar surface area (TPSA) is 38.0 Å². The molecule has 0 saturated heterocycles. The molecule has 0 bridgehead atoms. The van der Waals surface area contributed by atoms with E-state index in [1.165, 1.54) is 18.5 Å². The van der Waals surface area contributed by atoms with Gasteiger partial charge in [-0.1, -0.05) is 19.1 Å². The summed E-state index contributed by atoms with van der Waals surface area (Å²) in [6.07, 6.45) is 4.95. The minimum absolute atomic E-state index is 0.362. The fourth-order valence-corrected chi connectivity index (χ4v) is 2.16. The van der Waals surface area contributed by atoms with Crippen LogP contribution >= 0.6 is 0 Å². The molecule has 3 heteroatoms. The number of hydrogen-bond donors (Lipinski definition) is 1. The van der Waals surface area contributed by atoms with Gasteiger partial charge in [0.1, 0.15) is 0 Å². The lowest BCUT2D eigenvalue weighted by molar-refractivity contribution is 0.173. The van der Waals surface area contributed by atoms with Crippen LogP contribution in [0.5, 0.6) is 0 Å². The first-order valence-corrected chi connectivity index (χ1v) is 6.62. The second kappa shape index (κ2) is 4.58. The SMILES string of the molecule is CC[C@H](O)c1ccc(-n2ccc(C3CC3)n2)cc1. The molecule has 0 unspecified atom stereocenters. The van der Waals surface area contributed by atoms with Crippen LogP contribution in [0.2, 0.25) is 0 Å². The number of aromatic nitrogens is 2. The average Bonchev–Trinajstić information content (AvgIpc) is 3.16. The molecule has 0 aliphatic heterocycles. The van der Waals surface area contributed by atoms with Crippen molar-refractivity contribution in [1.82, 2.24) is 9.78 Å². The van der Waals surface area contributed by atoms with Gasteiger partial charge >= 0.3 is 0 Å². The van der Waals surface area contributed by atoms with Crippen molar-refractivity contribution in [2.45, 2.75) is 38.2 Å². The predicted octanol–water partition coefficient (Wildman–Crippen LogP) is 3.19. The van der Waals surface area contributed by atoms with Crippen LogP contribution in [0.4, 0.5) is 0 Å². The highest BCUT2D eigenvalue weighted by Crippen LogP contribution is 2.39. The molecule has 1 aromatic carbocycles. The molecule has 1 saturated carbocycles. The summed E-state index contributed by atoms with van der Waals surface area (Å²) in [4.78, 5) is 0. The Labute approximate surface area is 107 Å². The van der Waals surface area contributed by atoms with Gasteiger partial charge in [0.15, 0.2) is 0 Å². The summed E-state index contributed by atoms with van der Waals surface area (Å²) in [5, 5.41) is 14.3. The van der Waals surface area contributed by atoms with Crippen molar-refractivity contribution >= 4 is 0 Å². The Balaban J connectivity index is 1.82. The zero-order valence-electron chi connectivity index (χ0n) is 10.6. The molecule has 0 amide bonds. The van der Waals surface area contributed by atoms with Crippen LogP contribution in [0.1, 0.15) is 49.5 Å². The predicted molar refractivity (Wildman–Crippen MR) is 70.8 cm³/mol. The van der Waals surface area contributed by atoms with E-state index in [4.69, 9.17) is 0 Å². The van der Waals surface area contributed by atoms with Gasteiger partial charge in [-0.25, -0.2) is 4.68 Å². The molecule has 0 radical (unpaired) electrons. The summed E-state index contributed by atoms with van der Waals surface area (Å²) in [7, 11) is 0. The number of aliphatic hydroxyl groups is 1. The van der Waals surface area contributed by atoms with Crippen LogP contribution in [0.15, 0.2) is 36.5 Å². The monoisotopic (exact) mass is 242 g/mol. The van der Waals surface area contributed by atoms with Gasteiger partial charge in [-0.05, 0) is 43.0 Å². The highest BCUT2D eigenvalue weighted by molar-refractivity contribution is 5.35. The first-order chi connectivity index (χ1) is 8.78. The third-order valence-corrected chi connectivity index (χ3v) is 3.53. The largest absolute Gasteiger partial charge is 0.388 e. The first kappa shape index (κ1) is 11.5. The maximum absolute atomic E-state index is 9.75. The number of aliphatic hydroxyl groups excluding tert-OH is 1. The van der Waals surface area contributed by atoms with Gasteiger partial charge in [0.2, 0.25) is 0 Å². The molecule has 3 nitrogen and oxygen atoms in total. The quantitative estimate of drug-likeness (QED) is 0.894. The number of nitrogens with zero attached hydrogens (tertiary/aromatic N) is 2. The van der Waals surface area contributed by atoms with E-state index in [1.807, 2.05) is 42.1 Å². The first-order valence-electron chi connectivity index (χ1n) is 6.62. The van der Waals surface area contributed by atoms with Crippen molar-refractivity contribution in [1.29, 1.82) is 0 Å². The molecular formula is C15H18N2O. The van der Waals surface area contributed by atoms with Crippen LogP contribution in [-0.2, 0) is 0 Å². The summed E-state index contributed by atoms with van der Waals surface area (Å²) < 4.78 is 1.91. The molecule has 1 fully saturated rings. The maximum atomic E-state index is 9.75. The summed E-state index contributed by atoms with van der Waals surface area (Å²) >= 11 is 0. The van der Waals surface area contributed by atoms with E-state index in [0.717, 1.165) is 17.7 Å². The van der Waals surface area contributed by atoms with Gasteiger partial charge in [-0.2, -0.15) is 5.10 Å². The summed E-state index contributed by atoms with van der Waals surface area (Å²) in [5.74, 6) is 0.687. The molecule has 1 aliphatic carbocycles. The van der Waals surface area contributed by atoms with E-state index in [-0.39, 0.29) is 6.10 Å². The van der Waals surface area contributed by atoms with E-state index < -0.39 is 0 Å². The van der Waals surface area contributed by atoms with Gasteiger partial charge in [-0.3, -0.25) is 0 Å². The molecule has 3 rings (SSSR count). The van der Waals surface area contributed by atoms with Crippen molar-refractivity contribution in [3.05, 3.63) is 47.8 Å². The van der Waals surface area contributed by atoms with Crippen molar-refractivity contribution in [2.75, 3.05) is 0 Å². The molecule has 0 spiro atoms. The van der Waals surface area contributed by atoms with Crippen LogP contribution in [0.3, 0.4) is 0 Å². The van der Waals surface area contributed by atoms with Crippen molar-refractivity contribution < 1.29 is 5.11 Å². The zero-order valence-corrected chi connectivity index (χ0v) is 10.6. The molecule has 2 aromatic rings. The third-order valence-electron chi connectivity index (χ3n) is 3.53. The normalized spacial score (nSPS) is 16.8. The highest BCUT2D eigenvalue weighted by Gasteiger charge is 2.25. The molecular weight excluding hydrogens is 224 g/mol. The lowest BCUT2D eigenvalue weighted by Gasteiger charge is -2.09. The van der Waals surface area contributed by atoms with E-state index >= 15 is 0 Å². The smallest absolute Gasteiger partial charge is 0.0787 e. The third kappa shape index (κ3) is 2.18. The Morgan fingerprint density at radius 1 is 1.28 bits per heavy atom. The lowest BCUT2D eigenvalue weighted by atomic mass is 10.1. The van der Waals surface area contributed by atoms with Gasteiger partial charge in [0.05, 0.1) is 17.5 Å². The van der Waals surface area contributed by atoms with Gasteiger partial charge in [0, 0.05) is 12.1 Å². The van der Waals surface area contributed by atoms with Gasteiger partial charge in [-0.15, -0.1) is 0 Å². The van der Waals surface area contributed by atoms with E-state index in [2.05, 4.69) is 11.2 Å². The summed E-state index contributed by atoms with van der Waals surface area (Å²) in [6.45, 7) is 1.98. The van der Waals surface area contributed by atoms with Crippen LogP contribution in [0, 0.1) is 0 Å². The zero-order chi connectivity index (χ0) is 12.5. The molecule has 1 atom stereocenters. The Bertz CT molecular complexity index is 526. The Hall–Kier alpha value is -1.61. The Morgan fingerprint density at radius 2 is 2.00 bits per heavy atom. The van der Waals surface area contributed by atoms with Crippen molar-refractivity contribution in [3.8, 4) is 5.69 Å². The highest BCUT2D eigenvalue weighted by atomic mass is 16.3. The van der Waals surface area contributed by atoms with Gasteiger partial charge in [0.25, 0.3) is 0 Å². The van der Waals surface area contributed by atoms with Crippen LogP contribution < -0.4 is 0 Å². The Morgan fingerprint density at radius 3 is 2.61 bits per heavy atom. The average molecular weight is 242 g/mol. The van der Waals surface area contributed by atoms with Crippen LogP contribution in [0.25, 0.3) is 5.69 Å². The lowest BCUT2D eigenvalue weighted by Crippen LogP contribution is -1.98. The molecule has 1 aromatic heterocycles. The number of benzene rings is 1. The van der Waals surface area contributed by atoms with E-state index in [0.29, 0.717) is 5.92 Å². The summed E-state index contributed by atoms with van der Waals surface area (Å²) in [5.41, 5.74) is 3.22. The molecule has 1 aliphatic rings. The standard InChI is InChI=1S/C15H18N2O/c1-2-15(18)12-5-7-13(8-6-12)17-10-9-14(16-17)11-3-4-11/h5-11,15,18H,2-4H2,1H3/t15-/m0/s1. The Kier molecular flexibility index (Phi) is 2.92. The summed E-state index contributed by atoms with van der Waals surface area (Å²) in [6, 6.07) is 10.1. The second-order valence-electron chi connectivity index (χ2n) is 4.98. The fraction of sp³-hybridized carbons (Fsp3) is 0.400.